The van der Waals surface area contributed by atoms with Gasteiger partial charge < -0.3 is 9.90 Å². The van der Waals surface area contributed by atoms with Crippen LogP contribution in [0.1, 0.15) is 6.92 Å². The van der Waals surface area contributed by atoms with Crippen LogP contribution in [0.25, 0.3) is 6.20 Å². The quantitative estimate of drug-likeness (QED) is 0.688. The van der Waals surface area contributed by atoms with Gasteiger partial charge in [0.2, 0.25) is 6.33 Å². The molecule has 4 nitrogen and oxygen atoms in total. The second-order valence-corrected chi connectivity index (χ2v) is 2.66. The number of carboxylic acids is 1. The number of carbonyl (C=O) groups is 1. The van der Waals surface area contributed by atoms with Gasteiger partial charge in [-0.2, -0.15) is 13.2 Å². The number of carbonyl (C=O) groups excluding carboxylic acids is 1. The zero-order chi connectivity index (χ0) is 12.8. The van der Waals surface area contributed by atoms with Crippen LogP contribution >= 0.6 is 0 Å². The van der Waals surface area contributed by atoms with Crippen molar-refractivity contribution >= 4 is 12.2 Å². The highest BCUT2D eigenvalue weighted by atomic mass is 19.4. The van der Waals surface area contributed by atoms with Gasteiger partial charge in [-0.3, -0.25) is 0 Å². The Morgan fingerprint density at radius 1 is 1.62 bits per heavy atom. The first-order valence-corrected chi connectivity index (χ1v) is 4.28. The molecular formula is C9H11F3N2O2. The molecule has 0 aliphatic carbocycles. The molecule has 16 heavy (non-hydrogen) atoms. The fraction of sp³-hybridized carbons (Fsp3) is 0.333. The molecule has 0 aliphatic heterocycles. The van der Waals surface area contributed by atoms with Gasteiger partial charge in [-0.1, -0.05) is 6.58 Å². The number of hydrogen-bond donors (Lipinski definition) is 0. The summed E-state index contributed by atoms with van der Waals surface area (Å²) < 4.78 is 35.6. The summed E-state index contributed by atoms with van der Waals surface area (Å²) >= 11 is 0. The lowest BCUT2D eigenvalue weighted by Crippen LogP contribution is -2.37. The van der Waals surface area contributed by atoms with Crippen LogP contribution in [0.2, 0.25) is 0 Å². The summed E-state index contributed by atoms with van der Waals surface area (Å²) in [5, 5.41) is 8.78. The summed E-state index contributed by atoms with van der Waals surface area (Å²) in [6.07, 6.45) is 2.55. The Labute approximate surface area is 90.2 Å². The van der Waals surface area contributed by atoms with E-state index in [0.29, 0.717) is 0 Å². The van der Waals surface area contributed by atoms with E-state index < -0.39 is 12.1 Å². The standard InChI is InChI=1S/C7H11N2.C2HF3O2/c1-3-8-5-6-9(4-2)7-8;3-2(4,5)1(6)7/h3,5-7H,1,4H2,2H3;(H,6,7)/q+1;/p-1. The minimum absolute atomic E-state index is 1.01. The number of nitrogens with zero attached hydrogens (tertiary/aromatic N) is 2. The normalized spacial score (nSPS) is 10.2. The minimum Gasteiger partial charge on any atom is -0.542 e. The molecule has 1 rings (SSSR count). The van der Waals surface area contributed by atoms with Crippen molar-refractivity contribution in [2.24, 2.45) is 0 Å². The van der Waals surface area contributed by atoms with Gasteiger partial charge in [0.25, 0.3) is 0 Å². The molecule has 0 saturated carbocycles. The zero-order valence-corrected chi connectivity index (χ0v) is 8.57. The SMILES string of the molecule is C=Cn1cc[n+](CC)c1.O=C([O-])C(F)(F)F. The van der Waals surface area contributed by atoms with E-state index in [0.717, 1.165) is 6.54 Å². The number of rotatable bonds is 2. The first-order valence-electron chi connectivity index (χ1n) is 4.28. The molecule has 0 aromatic carbocycles. The average Bonchev–Trinajstić information content (AvgIpc) is 2.64. The van der Waals surface area contributed by atoms with E-state index >= 15 is 0 Å². The van der Waals surface area contributed by atoms with E-state index in [1.54, 1.807) is 6.20 Å². The van der Waals surface area contributed by atoms with E-state index in [9.17, 15) is 13.2 Å². The Balaban J connectivity index is 0.000000293. The molecule has 0 saturated heterocycles. The maximum atomic E-state index is 10.5. The number of carboxylic acid groups (broad SMARTS) is 1. The fourth-order valence-electron chi connectivity index (χ4n) is 0.706. The maximum Gasteiger partial charge on any atom is 0.430 e. The summed E-state index contributed by atoms with van der Waals surface area (Å²) in [7, 11) is 0. The molecule has 0 N–H and O–H groups in total. The second-order valence-electron chi connectivity index (χ2n) is 2.66. The molecule has 7 heteroatoms. The third kappa shape index (κ3) is 5.18. The number of alkyl halides is 3. The van der Waals surface area contributed by atoms with E-state index in [1.165, 1.54) is 0 Å². The van der Waals surface area contributed by atoms with Gasteiger partial charge in [-0.15, -0.1) is 0 Å². The molecule has 0 aliphatic rings. The Morgan fingerprint density at radius 2 is 2.12 bits per heavy atom. The van der Waals surface area contributed by atoms with Crippen molar-refractivity contribution in [1.29, 1.82) is 0 Å². The van der Waals surface area contributed by atoms with Crippen LogP contribution in [0.15, 0.2) is 25.3 Å². The summed E-state index contributed by atoms with van der Waals surface area (Å²) in [4.78, 5) is 8.78. The smallest absolute Gasteiger partial charge is 0.430 e. The molecule has 0 fully saturated rings. The van der Waals surface area contributed by atoms with Crippen molar-refractivity contribution in [2.75, 3.05) is 0 Å². The molecule has 1 aromatic heterocycles. The van der Waals surface area contributed by atoms with Crippen molar-refractivity contribution < 1.29 is 27.6 Å². The van der Waals surface area contributed by atoms with E-state index in [1.807, 2.05) is 23.3 Å². The lowest BCUT2D eigenvalue weighted by Gasteiger charge is -2.03. The lowest BCUT2D eigenvalue weighted by molar-refractivity contribution is -0.692. The molecule has 1 heterocycles. The van der Waals surface area contributed by atoms with E-state index in [4.69, 9.17) is 9.90 Å². The molecule has 0 amide bonds. The predicted octanol–water partition coefficient (Wildman–Crippen LogP) is 0.195. The first-order chi connectivity index (χ1) is 7.31. The number of imidazole rings is 1. The van der Waals surface area contributed by atoms with Gasteiger partial charge in [-0.05, 0) is 6.92 Å². The number of halogens is 3. The van der Waals surface area contributed by atoms with Gasteiger partial charge in [0.05, 0.1) is 12.7 Å². The van der Waals surface area contributed by atoms with Gasteiger partial charge in [0.1, 0.15) is 18.4 Å². The van der Waals surface area contributed by atoms with Crippen LogP contribution in [0.5, 0.6) is 0 Å². The van der Waals surface area contributed by atoms with Crippen molar-refractivity contribution in [3.63, 3.8) is 0 Å². The average molecular weight is 236 g/mol. The first kappa shape index (κ1) is 14.2. The van der Waals surface area contributed by atoms with Crippen LogP contribution in [0, 0.1) is 0 Å². The monoisotopic (exact) mass is 236 g/mol. The summed E-state index contributed by atoms with van der Waals surface area (Å²) in [5.74, 6) is -3.01. The van der Waals surface area contributed by atoms with Gasteiger partial charge in [0, 0.05) is 0 Å². The van der Waals surface area contributed by atoms with E-state index in [-0.39, 0.29) is 0 Å². The Hall–Kier alpha value is -1.79. The largest absolute Gasteiger partial charge is 0.542 e. The zero-order valence-electron chi connectivity index (χ0n) is 8.57. The second kappa shape index (κ2) is 5.94. The summed E-state index contributed by atoms with van der Waals surface area (Å²) in [6.45, 7) is 6.75. The molecule has 0 unspecified atom stereocenters. The van der Waals surface area contributed by atoms with Crippen molar-refractivity contribution in [1.82, 2.24) is 4.57 Å². The van der Waals surface area contributed by atoms with Crippen LogP contribution in [0.3, 0.4) is 0 Å². The molecule has 0 atom stereocenters. The third-order valence-electron chi connectivity index (χ3n) is 1.52. The Bertz CT molecular complexity index is 358. The highest BCUT2D eigenvalue weighted by Crippen LogP contribution is 2.11. The van der Waals surface area contributed by atoms with Crippen LogP contribution < -0.4 is 9.67 Å². The Morgan fingerprint density at radius 3 is 2.31 bits per heavy atom. The summed E-state index contributed by atoms with van der Waals surface area (Å²) in [5.41, 5.74) is 0. The van der Waals surface area contributed by atoms with Gasteiger partial charge >= 0.3 is 6.18 Å². The number of aliphatic carboxylic acids is 1. The number of hydrogen-bond acceptors (Lipinski definition) is 2. The molecule has 90 valence electrons. The highest BCUT2D eigenvalue weighted by molar-refractivity contribution is 5.70. The van der Waals surface area contributed by atoms with E-state index in [2.05, 4.69) is 18.1 Å². The fourth-order valence-corrected chi connectivity index (χ4v) is 0.706. The topological polar surface area (TPSA) is 48.9 Å². The molecule has 0 bridgehead atoms. The van der Waals surface area contributed by atoms with Crippen LogP contribution in [0.4, 0.5) is 13.2 Å². The molecule has 1 aromatic rings. The van der Waals surface area contributed by atoms with Crippen molar-refractivity contribution in [3.05, 3.63) is 25.3 Å². The summed E-state index contributed by atoms with van der Waals surface area (Å²) in [6, 6.07) is 0. The van der Waals surface area contributed by atoms with Gasteiger partial charge in [0.15, 0.2) is 0 Å². The van der Waals surface area contributed by atoms with Gasteiger partial charge in [-0.25, -0.2) is 9.13 Å². The van der Waals surface area contributed by atoms with Crippen molar-refractivity contribution in [2.45, 2.75) is 19.6 Å². The van der Waals surface area contributed by atoms with Crippen molar-refractivity contribution in [3.8, 4) is 0 Å². The highest BCUT2D eigenvalue weighted by Gasteiger charge is 2.28. The van der Waals surface area contributed by atoms with Crippen LogP contribution in [-0.4, -0.2) is 16.7 Å². The minimum atomic E-state index is -5.19. The number of aryl methyl sites for hydroxylation is 1. The maximum absolute atomic E-state index is 10.5. The van der Waals surface area contributed by atoms with Crippen LogP contribution in [-0.2, 0) is 11.3 Å². The molecule has 0 spiro atoms. The molecular weight excluding hydrogens is 225 g/mol. The lowest BCUT2D eigenvalue weighted by atomic mass is 10.7. The predicted molar refractivity (Wildman–Crippen MR) is 47.8 cm³/mol. The third-order valence-corrected chi connectivity index (χ3v) is 1.52. The number of aromatic nitrogens is 2. The molecule has 0 radical (unpaired) electrons. The Kier molecular flexibility index (Phi) is 5.27.